The predicted octanol–water partition coefficient (Wildman–Crippen LogP) is 4.50. The lowest BCUT2D eigenvalue weighted by atomic mass is 9.71. The molecule has 4 rings (SSSR count). The SMILES string of the molecule is COC(=O)[C@@H]1C[C@@H](NC(=O)c2ccc3ccccc3n2)CN1CCC1=C(C)CCCC1(C)C. The Balaban J connectivity index is 1.44. The molecule has 1 N–H and O–H groups in total. The monoisotopic (exact) mass is 449 g/mol. The zero-order valence-corrected chi connectivity index (χ0v) is 20.2. The van der Waals surface area contributed by atoms with Crippen LogP contribution in [0.15, 0.2) is 47.5 Å². The van der Waals surface area contributed by atoms with Crippen LogP contribution in [0, 0.1) is 5.41 Å². The van der Waals surface area contributed by atoms with Crippen LogP contribution in [0.3, 0.4) is 0 Å². The maximum Gasteiger partial charge on any atom is 0.323 e. The number of carbonyl (C=O) groups excluding carboxylic acids is 2. The summed E-state index contributed by atoms with van der Waals surface area (Å²) in [6.07, 6.45) is 5.11. The van der Waals surface area contributed by atoms with Gasteiger partial charge in [0.2, 0.25) is 0 Å². The van der Waals surface area contributed by atoms with E-state index >= 15 is 0 Å². The van der Waals surface area contributed by atoms with Crippen molar-refractivity contribution in [3.8, 4) is 0 Å². The van der Waals surface area contributed by atoms with Crippen LogP contribution in [-0.4, -0.2) is 54.0 Å². The molecule has 1 amide bonds. The van der Waals surface area contributed by atoms with Gasteiger partial charge in [-0.3, -0.25) is 14.5 Å². The molecule has 33 heavy (non-hydrogen) atoms. The van der Waals surface area contributed by atoms with Crippen molar-refractivity contribution in [2.75, 3.05) is 20.2 Å². The number of carbonyl (C=O) groups is 2. The minimum absolute atomic E-state index is 0.121. The lowest BCUT2D eigenvalue weighted by Crippen LogP contribution is -2.39. The van der Waals surface area contributed by atoms with E-state index in [0.29, 0.717) is 18.7 Å². The second-order valence-corrected chi connectivity index (χ2v) is 10.1. The minimum Gasteiger partial charge on any atom is -0.468 e. The van der Waals surface area contributed by atoms with E-state index in [1.807, 2.05) is 30.3 Å². The maximum absolute atomic E-state index is 12.9. The number of methoxy groups -OCH3 is 1. The maximum atomic E-state index is 12.9. The van der Waals surface area contributed by atoms with Crippen molar-refractivity contribution < 1.29 is 14.3 Å². The average Bonchev–Trinajstić information content (AvgIpc) is 3.19. The quantitative estimate of drug-likeness (QED) is 0.519. The molecule has 2 heterocycles. The van der Waals surface area contributed by atoms with E-state index in [-0.39, 0.29) is 29.4 Å². The summed E-state index contributed by atoms with van der Waals surface area (Å²) in [4.78, 5) is 32.1. The number of hydrogen-bond acceptors (Lipinski definition) is 5. The number of aromatic nitrogens is 1. The molecule has 2 aromatic rings. The van der Waals surface area contributed by atoms with Crippen molar-refractivity contribution in [2.45, 2.75) is 65.0 Å². The summed E-state index contributed by atoms with van der Waals surface area (Å²) in [5.74, 6) is -0.438. The second kappa shape index (κ2) is 9.64. The number of rotatable bonds is 6. The number of benzene rings is 1. The highest BCUT2D eigenvalue weighted by atomic mass is 16.5. The minimum atomic E-state index is -0.336. The third kappa shape index (κ3) is 5.11. The average molecular weight is 450 g/mol. The number of esters is 1. The first-order chi connectivity index (χ1) is 15.8. The summed E-state index contributed by atoms with van der Waals surface area (Å²) in [5, 5.41) is 4.10. The number of nitrogens with zero attached hydrogens (tertiary/aromatic N) is 2. The molecule has 2 atom stereocenters. The molecule has 0 spiro atoms. The van der Waals surface area contributed by atoms with E-state index in [1.165, 1.54) is 31.1 Å². The highest BCUT2D eigenvalue weighted by Gasteiger charge is 2.39. The summed E-state index contributed by atoms with van der Waals surface area (Å²) >= 11 is 0. The van der Waals surface area contributed by atoms with Crippen molar-refractivity contribution in [3.05, 3.63) is 53.2 Å². The molecule has 1 aromatic heterocycles. The van der Waals surface area contributed by atoms with Gasteiger partial charge in [0.05, 0.1) is 12.6 Å². The third-order valence-corrected chi connectivity index (χ3v) is 7.38. The lowest BCUT2D eigenvalue weighted by molar-refractivity contribution is -0.145. The van der Waals surface area contributed by atoms with Crippen molar-refractivity contribution >= 4 is 22.8 Å². The smallest absolute Gasteiger partial charge is 0.323 e. The third-order valence-electron chi connectivity index (χ3n) is 7.38. The van der Waals surface area contributed by atoms with Gasteiger partial charge in [-0.2, -0.15) is 0 Å². The number of likely N-dealkylation sites (tertiary alicyclic amines) is 1. The van der Waals surface area contributed by atoms with Gasteiger partial charge in [0.25, 0.3) is 5.91 Å². The number of hydrogen-bond donors (Lipinski definition) is 1. The lowest BCUT2D eigenvalue weighted by Gasteiger charge is -2.36. The molecule has 1 fully saturated rings. The number of nitrogens with one attached hydrogen (secondary N) is 1. The van der Waals surface area contributed by atoms with Crippen molar-refractivity contribution in [1.82, 2.24) is 15.2 Å². The fourth-order valence-corrected chi connectivity index (χ4v) is 5.57. The molecule has 6 nitrogen and oxygen atoms in total. The number of amides is 1. The fraction of sp³-hybridized carbons (Fsp3) is 0.519. The Morgan fingerprint density at radius 1 is 1.21 bits per heavy atom. The molecule has 0 radical (unpaired) electrons. The Morgan fingerprint density at radius 3 is 2.76 bits per heavy atom. The van der Waals surface area contributed by atoms with Gasteiger partial charge in [0.1, 0.15) is 11.7 Å². The normalized spacial score (nSPS) is 23.0. The molecule has 1 saturated heterocycles. The van der Waals surface area contributed by atoms with Gasteiger partial charge in [-0.05, 0) is 56.6 Å². The molecule has 2 aliphatic rings. The fourth-order valence-electron chi connectivity index (χ4n) is 5.57. The van der Waals surface area contributed by atoms with E-state index in [1.54, 1.807) is 6.07 Å². The summed E-state index contributed by atoms with van der Waals surface area (Å²) in [5.41, 5.74) is 4.41. The van der Waals surface area contributed by atoms with Crippen LogP contribution in [-0.2, 0) is 9.53 Å². The number of allylic oxidation sites excluding steroid dienone is 1. The standard InChI is InChI=1S/C27H35N3O3/c1-18-8-7-14-27(2,3)21(18)13-15-30-17-20(16-24(30)26(32)33-4)28-25(31)23-12-11-19-9-5-6-10-22(19)29-23/h5-6,9-12,20,24H,7-8,13-17H2,1-4H3,(H,28,31)/t20-,24+/m1/s1. The Labute approximate surface area is 196 Å². The summed E-state index contributed by atoms with van der Waals surface area (Å²) in [6.45, 7) is 8.32. The largest absolute Gasteiger partial charge is 0.468 e. The van der Waals surface area contributed by atoms with Crippen LogP contribution in [0.25, 0.3) is 10.9 Å². The summed E-state index contributed by atoms with van der Waals surface area (Å²) in [6, 6.07) is 11.0. The van der Waals surface area contributed by atoms with Crippen molar-refractivity contribution in [1.29, 1.82) is 0 Å². The Morgan fingerprint density at radius 2 is 2.00 bits per heavy atom. The van der Waals surface area contributed by atoms with E-state index < -0.39 is 0 Å². The summed E-state index contributed by atoms with van der Waals surface area (Å²) < 4.78 is 5.09. The molecule has 1 aliphatic heterocycles. The van der Waals surface area contributed by atoms with E-state index in [0.717, 1.165) is 30.3 Å². The van der Waals surface area contributed by atoms with Crippen molar-refractivity contribution in [3.63, 3.8) is 0 Å². The van der Waals surface area contributed by atoms with Crippen LogP contribution < -0.4 is 5.32 Å². The van der Waals surface area contributed by atoms with Gasteiger partial charge >= 0.3 is 5.97 Å². The number of ether oxygens (including phenoxy) is 1. The molecule has 6 heteroatoms. The first-order valence-electron chi connectivity index (χ1n) is 12.0. The topological polar surface area (TPSA) is 71.5 Å². The van der Waals surface area contributed by atoms with Gasteiger partial charge in [-0.1, -0.05) is 49.3 Å². The number of para-hydroxylation sites is 1. The zero-order valence-electron chi connectivity index (χ0n) is 20.2. The molecule has 0 saturated carbocycles. The molecule has 176 valence electrons. The van der Waals surface area contributed by atoms with Crippen LogP contribution >= 0.6 is 0 Å². The molecule has 0 bridgehead atoms. The highest BCUT2D eigenvalue weighted by Crippen LogP contribution is 2.42. The summed E-state index contributed by atoms with van der Waals surface area (Å²) in [7, 11) is 1.43. The van der Waals surface area contributed by atoms with Crippen LogP contribution in [0.5, 0.6) is 0 Å². The first-order valence-corrected chi connectivity index (χ1v) is 12.0. The van der Waals surface area contributed by atoms with Crippen molar-refractivity contribution in [2.24, 2.45) is 5.41 Å². The van der Waals surface area contributed by atoms with Gasteiger partial charge in [0, 0.05) is 24.5 Å². The van der Waals surface area contributed by atoms with E-state index in [4.69, 9.17) is 4.74 Å². The predicted molar refractivity (Wildman–Crippen MR) is 130 cm³/mol. The molecular formula is C27H35N3O3. The first kappa shape index (κ1) is 23.4. The molecule has 1 aliphatic carbocycles. The Hall–Kier alpha value is -2.73. The van der Waals surface area contributed by atoms with E-state index in [2.05, 4.69) is 36.0 Å². The Bertz CT molecular complexity index is 1080. The number of pyridine rings is 1. The molecule has 1 aromatic carbocycles. The second-order valence-electron chi connectivity index (χ2n) is 10.1. The van der Waals surface area contributed by atoms with Gasteiger partial charge in [-0.15, -0.1) is 0 Å². The van der Waals surface area contributed by atoms with Gasteiger partial charge in [0.15, 0.2) is 0 Å². The van der Waals surface area contributed by atoms with Crippen LogP contribution in [0.1, 0.15) is 63.4 Å². The van der Waals surface area contributed by atoms with E-state index in [9.17, 15) is 9.59 Å². The molecular weight excluding hydrogens is 414 g/mol. The van der Waals surface area contributed by atoms with Gasteiger partial charge < -0.3 is 10.1 Å². The number of fused-ring (bicyclic) bond motifs is 1. The van der Waals surface area contributed by atoms with Crippen LogP contribution in [0.2, 0.25) is 0 Å². The highest BCUT2D eigenvalue weighted by molar-refractivity contribution is 5.95. The van der Waals surface area contributed by atoms with Gasteiger partial charge in [-0.25, -0.2) is 4.98 Å². The Kier molecular flexibility index (Phi) is 6.84. The zero-order chi connectivity index (χ0) is 23.6. The van der Waals surface area contributed by atoms with Crippen LogP contribution in [0.4, 0.5) is 0 Å². The molecule has 0 unspecified atom stereocenters.